The Morgan fingerprint density at radius 2 is 1.74 bits per heavy atom. The molecule has 2 aromatic heterocycles. The third kappa shape index (κ3) is 4.07. The van der Waals surface area contributed by atoms with Crippen molar-refractivity contribution in [1.29, 1.82) is 0 Å². The van der Waals surface area contributed by atoms with Crippen LogP contribution in [0.2, 0.25) is 0 Å². The summed E-state index contributed by atoms with van der Waals surface area (Å²) in [4.78, 5) is 31.6. The molecule has 0 unspecified atom stereocenters. The maximum absolute atomic E-state index is 13.4. The Hall–Kier alpha value is -3.51. The second kappa shape index (κ2) is 8.70. The number of rotatable bonds is 5. The van der Waals surface area contributed by atoms with E-state index in [9.17, 15) is 9.59 Å². The molecule has 156 valence electrons. The van der Waals surface area contributed by atoms with Crippen LogP contribution in [-0.2, 0) is 4.74 Å². The first-order valence-electron chi connectivity index (χ1n) is 10.0. The average molecular weight is 431 g/mol. The Kier molecular flexibility index (Phi) is 5.82. The van der Waals surface area contributed by atoms with Crippen molar-refractivity contribution >= 4 is 39.1 Å². The Morgan fingerprint density at radius 3 is 2.48 bits per heavy atom. The standard InChI is InChI=1S/C25H22N2O3S/c1-4-30-25(29)22-15(2)16(3)31-24(22)27-23(28)19-14-21(17-10-6-5-7-11-17)26-20-13-9-8-12-18(19)20/h5-14H,4H2,1-3H3,(H,27,28). The lowest BCUT2D eigenvalue weighted by molar-refractivity contribution is 0.0527. The van der Waals surface area contributed by atoms with Crippen LogP contribution in [0.1, 0.15) is 38.1 Å². The molecule has 4 aromatic rings. The molecule has 0 aliphatic rings. The lowest BCUT2D eigenvalue weighted by Gasteiger charge is -2.11. The van der Waals surface area contributed by atoms with Crippen LogP contribution in [-0.4, -0.2) is 23.5 Å². The van der Waals surface area contributed by atoms with E-state index < -0.39 is 5.97 Å². The number of para-hydroxylation sites is 1. The number of hydrogen-bond donors (Lipinski definition) is 1. The van der Waals surface area contributed by atoms with E-state index in [1.165, 1.54) is 11.3 Å². The molecule has 0 atom stereocenters. The van der Waals surface area contributed by atoms with E-state index in [4.69, 9.17) is 9.72 Å². The third-order valence-corrected chi connectivity index (χ3v) is 6.24. The van der Waals surface area contributed by atoms with Crippen molar-refractivity contribution in [3.05, 3.63) is 82.2 Å². The van der Waals surface area contributed by atoms with E-state index in [1.54, 1.807) is 13.0 Å². The number of carbonyl (C=O) groups is 2. The quantitative estimate of drug-likeness (QED) is 0.394. The highest BCUT2D eigenvalue weighted by Gasteiger charge is 2.23. The van der Waals surface area contributed by atoms with E-state index in [2.05, 4.69) is 5.32 Å². The minimum Gasteiger partial charge on any atom is -0.462 e. The molecule has 31 heavy (non-hydrogen) atoms. The van der Waals surface area contributed by atoms with Crippen molar-refractivity contribution in [2.75, 3.05) is 11.9 Å². The zero-order chi connectivity index (χ0) is 22.0. The molecule has 4 rings (SSSR count). The predicted molar refractivity (Wildman–Crippen MR) is 125 cm³/mol. The van der Waals surface area contributed by atoms with E-state index in [1.807, 2.05) is 68.4 Å². The summed E-state index contributed by atoms with van der Waals surface area (Å²) in [6.45, 7) is 5.83. The summed E-state index contributed by atoms with van der Waals surface area (Å²) < 4.78 is 5.20. The molecule has 0 bridgehead atoms. The molecule has 0 fully saturated rings. The first-order chi connectivity index (χ1) is 15.0. The zero-order valence-corrected chi connectivity index (χ0v) is 18.4. The van der Waals surface area contributed by atoms with Crippen LogP contribution >= 0.6 is 11.3 Å². The molecular formula is C25H22N2O3S. The lowest BCUT2D eigenvalue weighted by Crippen LogP contribution is -2.15. The monoisotopic (exact) mass is 430 g/mol. The maximum atomic E-state index is 13.4. The molecule has 0 saturated carbocycles. The summed E-state index contributed by atoms with van der Waals surface area (Å²) in [5.74, 6) is -0.716. The van der Waals surface area contributed by atoms with Crippen LogP contribution in [0.3, 0.4) is 0 Å². The molecular weight excluding hydrogens is 408 g/mol. The number of nitrogens with zero attached hydrogens (tertiary/aromatic N) is 1. The van der Waals surface area contributed by atoms with Crippen molar-refractivity contribution in [1.82, 2.24) is 4.98 Å². The number of ether oxygens (including phenoxy) is 1. The summed E-state index contributed by atoms with van der Waals surface area (Å²) in [7, 11) is 0. The molecule has 0 saturated heterocycles. The molecule has 0 spiro atoms. The van der Waals surface area contributed by atoms with Gasteiger partial charge in [0, 0.05) is 15.8 Å². The predicted octanol–water partition coefficient (Wildman–Crippen LogP) is 6.01. The number of esters is 1. The van der Waals surface area contributed by atoms with Crippen molar-refractivity contribution in [2.24, 2.45) is 0 Å². The number of aryl methyl sites for hydroxylation is 1. The minimum atomic E-state index is -0.427. The SMILES string of the molecule is CCOC(=O)c1c(NC(=O)c2cc(-c3ccccc3)nc3ccccc23)sc(C)c1C. The molecule has 5 nitrogen and oxygen atoms in total. The topological polar surface area (TPSA) is 68.3 Å². The van der Waals surface area contributed by atoms with E-state index in [0.29, 0.717) is 21.8 Å². The Labute approximate surface area is 184 Å². The molecule has 0 aliphatic heterocycles. The molecule has 0 aliphatic carbocycles. The number of benzene rings is 2. The number of fused-ring (bicyclic) bond motifs is 1. The van der Waals surface area contributed by atoms with Gasteiger partial charge in [-0.1, -0.05) is 48.5 Å². The van der Waals surface area contributed by atoms with E-state index in [-0.39, 0.29) is 12.5 Å². The van der Waals surface area contributed by atoms with Crippen LogP contribution < -0.4 is 5.32 Å². The van der Waals surface area contributed by atoms with Crippen LogP contribution in [0.25, 0.3) is 22.2 Å². The van der Waals surface area contributed by atoms with Gasteiger partial charge in [0.05, 0.1) is 28.9 Å². The minimum absolute atomic E-state index is 0.274. The highest BCUT2D eigenvalue weighted by atomic mass is 32.1. The molecule has 1 amide bonds. The van der Waals surface area contributed by atoms with Crippen LogP contribution in [0, 0.1) is 13.8 Å². The number of carbonyl (C=O) groups excluding carboxylic acids is 2. The van der Waals surface area contributed by atoms with Gasteiger partial charge in [-0.25, -0.2) is 9.78 Å². The van der Waals surface area contributed by atoms with Gasteiger partial charge in [0.1, 0.15) is 5.00 Å². The second-order valence-electron chi connectivity index (χ2n) is 7.10. The summed E-state index contributed by atoms with van der Waals surface area (Å²) >= 11 is 1.38. The number of thiophene rings is 1. The fourth-order valence-electron chi connectivity index (χ4n) is 3.45. The van der Waals surface area contributed by atoms with E-state index in [0.717, 1.165) is 26.9 Å². The van der Waals surface area contributed by atoms with Gasteiger partial charge in [-0.05, 0) is 38.5 Å². The Bertz CT molecular complexity index is 1280. The van der Waals surface area contributed by atoms with Crippen molar-refractivity contribution in [3.63, 3.8) is 0 Å². The number of nitrogens with one attached hydrogen (secondary N) is 1. The van der Waals surface area contributed by atoms with Gasteiger partial charge in [0.15, 0.2) is 0 Å². The molecule has 6 heteroatoms. The fraction of sp³-hybridized carbons (Fsp3) is 0.160. The van der Waals surface area contributed by atoms with Crippen molar-refractivity contribution < 1.29 is 14.3 Å². The average Bonchev–Trinajstić information content (AvgIpc) is 3.06. The number of pyridine rings is 1. The van der Waals surface area contributed by atoms with Crippen LogP contribution in [0.5, 0.6) is 0 Å². The zero-order valence-electron chi connectivity index (χ0n) is 17.6. The fourth-order valence-corrected chi connectivity index (χ4v) is 4.50. The largest absolute Gasteiger partial charge is 0.462 e. The first-order valence-corrected chi connectivity index (χ1v) is 10.8. The van der Waals surface area contributed by atoms with Gasteiger partial charge in [-0.3, -0.25) is 4.79 Å². The first kappa shape index (κ1) is 20.8. The number of anilines is 1. The third-order valence-electron chi connectivity index (χ3n) is 5.12. The molecule has 0 radical (unpaired) electrons. The number of aromatic nitrogens is 1. The van der Waals surface area contributed by atoms with Gasteiger partial charge < -0.3 is 10.1 Å². The summed E-state index contributed by atoms with van der Waals surface area (Å²) in [5.41, 5.74) is 4.12. The highest BCUT2D eigenvalue weighted by Crippen LogP contribution is 2.34. The number of hydrogen-bond acceptors (Lipinski definition) is 5. The smallest absolute Gasteiger partial charge is 0.341 e. The van der Waals surface area contributed by atoms with Gasteiger partial charge in [0.25, 0.3) is 5.91 Å². The number of amides is 1. The van der Waals surface area contributed by atoms with Crippen molar-refractivity contribution in [2.45, 2.75) is 20.8 Å². The molecule has 2 heterocycles. The Morgan fingerprint density at radius 1 is 1.03 bits per heavy atom. The summed E-state index contributed by atoms with van der Waals surface area (Å²) in [5, 5.41) is 4.20. The summed E-state index contributed by atoms with van der Waals surface area (Å²) in [6.07, 6.45) is 0. The second-order valence-corrected chi connectivity index (χ2v) is 8.32. The normalized spacial score (nSPS) is 10.8. The highest BCUT2D eigenvalue weighted by molar-refractivity contribution is 7.16. The lowest BCUT2D eigenvalue weighted by atomic mass is 10.0. The molecule has 2 aromatic carbocycles. The van der Waals surface area contributed by atoms with Gasteiger partial charge in [-0.15, -0.1) is 11.3 Å². The van der Waals surface area contributed by atoms with E-state index >= 15 is 0 Å². The van der Waals surface area contributed by atoms with Gasteiger partial charge >= 0.3 is 5.97 Å². The van der Waals surface area contributed by atoms with Crippen LogP contribution in [0.15, 0.2) is 60.7 Å². The van der Waals surface area contributed by atoms with Gasteiger partial charge in [0.2, 0.25) is 0 Å². The van der Waals surface area contributed by atoms with Gasteiger partial charge in [-0.2, -0.15) is 0 Å². The van der Waals surface area contributed by atoms with Crippen molar-refractivity contribution in [3.8, 4) is 11.3 Å². The Balaban J connectivity index is 1.79. The van der Waals surface area contributed by atoms with Crippen LogP contribution in [0.4, 0.5) is 5.00 Å². The summed E-state index contributed by atoms with van der Waals surface area (Å²) in [6, 6.07) is 19.1. The maximum Gasteiger partial charge on any atom is 0.341 e. The molecule has 1 N–H and O–H groups in total.